The number of hydrogen-bond acceptors (Lipinski definition) is 3. The highest BCUT2D eigenvalue weighted by Crippen LogP contribution is 2.33. The molecule has 0 aliphatic heterocycles. The zero-order valence-electron chi connectivity index (χ0n) is 9.41. The molecule has 1 aliphatic rings. The molecular formula is C11H23N3O. The van der Waals surface area contributed by atoms with E-state index in [0.717, 1.165) is 31.8 Å². The van der Waals surface area contributed by atoms with Crippen molar-refractivity contribution in [3.8, 4) is 0 Å². The summed E-state index contributed by atoms with van der Waals surface area (Å²) in [6, 6.07) is 0. The molecule has 4 N–H and O–H groups in total. The molecule has 0 aromatic heterocycles. The first kappa shape index (κ1) is 12.3. The molecule has 1 saturated carbocycles. The molecule has 0 saturated heterocycles. The van der Waals surface area contributed by atoms with Crippen LogP contribution in [-0.2, 0) is 0 Å². The molecule has 0 heterocycles. The number of amidine groups is 1. The molecule has 4 nitrogen and oxygen atoms in total. The van der Waals surface area contributed by atoms with Gasteiger partial charge in [0, 0.05) is 6.42 Å². The second-order valence-corrected chi connectivity index (χ2v) is 4.38. The van der Waals surface area contributed by atoms with Crippen LogP contribution in [0, 0.1) is 5.92 Å². The zero-order valence-corrected chi connectivity index (χ0v) is 9.41. The number of rotatable bonds is 9. The van der Waals surface area contributed by atoms with Gasteiger partial charge >= 0.3 is 0 Å². The van der Waals surface area contributed by atoms with Crippen LogP contribution >= 0.6 is 0 Å². The minimum absolute atomic E-state index is 0.337. The molecule has 0 atom stereocenters. The second kappa shape index (κ2) is 7.51. The standard InChI is InChI=1S/C11H23N3O/c12-11(14-15)5-1-2-8-13-9-3-4-10-6-7-10/h10,13,15H,1-9H2,(H2,12,14). The van der Waals surface area contributed by atoms with Crippen molar-refractivity contribution in [2.45, 2.75) is 44.9 Å². The van der Waals surface area contributed by atoms with Crippen LogP contribution in [0.4, 0.5) is 0 Å². The van der Waals surface area contributed by atoms with Crippen molar-refractivity contribution in [2.24, 2.45) is 16.8 Å². The average Bonchev–Trinajstić information content (AvgIpc) is 3.05. The van der Waals surface area contributed by atoms with Gasteiger partial charge in [-0.05, 0) is 44.7 Å². The summed E-state index contributed by atoms with van der Waals surface area (Å²) in [6.07, 6.45) is 8.41. The van der Waals surface area contributed by atoms with Crippen LogP contribution in [0.15, 0.2) is 5.16 Å². The molecule has 1 fully saturated rings. The monoisotopic (exact) mass is 213 g/mol. The van der Waals surface area contributed by atoms with Gasteiger partial charge in [-0.2, -0.15) is 0 Å². The lowest BCUT2D eigenvalue weighted by Gasteiger charge is -2.03. The Bertz CT molecular complexity index is 190. The fourth-order valence-electron chi connectivity index (χ4n) is 1.65. The predicted octanol–water partition coefficient (Wildman–Crippen LogP) is 1.68. The Morgan fingerprint density at radius 2 is 2.00 bits per heavy atom. The quantitative estimate of drug-likeness (QED) is 0.179. The third kappa shape index (κ3) is 7.19. The Labute approximate surface area is 91.9 Å². The molecular weight excluding hydrogens is 190 g/mol. The van der Waals surface area contributed by atoms with Crippen LogP contribution < -0.4 is 11.1 Å². The van der Waals surface area contributed by atoms with Gasteiger partial charge in [0.25, 0.3) is 0 Å². The highest BCUT2D eigenvalue weighted by Gasteiger charge is 2.19. The molecule has 1 aliphatic carbocycles. The van der Waals surface area contributed by atoms with Gasteiger partial charge in [-0.15, -0.1) is 0 Å². The van der Waals surface area contributed by atoms with E-state index in [2.05, 4.69) is 10.5 Å². The normalized spacial score (nSPS) is 16.9. The fraction of sp³-hybridized carbons (Fsp3) is 0.909. The Hall–Kier alpha value is -0.770. The molecule has 0 aromatic carbocycles. The number of unbranched alkanes of at least 4 members (excludes halogenated alkanes) is 1. The predicted molar refractivity (Wildman–Crippen MR) is 62.1 cm³/mol. The summed E-state index contributed by atoms with van der Waals surface area (Å²) in [4.78, 5) is 0. The topological polar surface area (TPSA) is 70.6 Å². The number of nitrogens with zero attached hydrogens (tertiary/aromatic N) is 1. The lowest BCUT2D eigenvalue weighted by atomic mass is 10.2. The average molecular weight is 213 g/mol. The van der Waals surface area contributed by atoms with Crippen molar-refractivity contribution >= 4 is 5.84 Å². The van der Waals surface area contributed by atoms with Crippen molar-refractivity contribution < 1.29 is 5.21 Å². The summed E-state index contributed by atoms with van der Waals surface area (Å²) in [7, 11) is 0. The van der Waals surface area contributed by atoms with Crippen LogP contribution in [0.3, 0.4) is 0 Å². The first-order chi connectivity index (χ1) is 7.33. The van der Waals surface area contributed by atoms with Crippen LogP contribution in [0.25, 0.3) is 0 Å². The lowest BCUT2D eigenvalue weighted by Crippen LogP contribution is -2.18. The smallest absolute Gasteiger partial charge is 0.139 e. The van der Waals surface area contributed by atoms with E-state index < -0.39 is 0 Å². The minimum Gasteiger partial charge on any atom is -0.409 e. The van der Waals surface area contributed by atoms with E-state index in [4.69, 9.17) is 10.9 Å². The Balaban J connectivity index is 1.72. The van der Waals surface area contributed by atoms with Gasteiger partial charge in [0.2, 0.25) is 0 Å². The number of oxime groups is 1. The van der Waals surface area contributed by atoms with Crippen molar-refractivity contribution in [3.05, 3.63) is 0 Å². The van der Waals surface area contributed by atoms with E-state index in [-0.39, 0.29) is 0 Å². The molecule has 0 amide bonds. The van der Waals surface area contributed by atoms with Crippen LogP contribution in [0.1, 0.15) is 44.9 Å². The fourth-order valence-corrected chi connectivity index (χ4v) is 1.65. The van der Waals surface area contributed by atoms with E-state index in [9.17, 15) is 0 Å². The van der Waals surface area contributed by atoms with Crippen LogP contribution in [0.2, 0.25) is 0 Å². The van der Waals surface area contributed by atoms with Gasteiger partial charge in [-0.25, -0.2) is 0 Å². The molecule has 0 spiro atoms. The summed E-state index contributed by atoms with van der Waals surface area (Å²) in [6.45, 7) is 2.18. The van der Waals surface area contributed by atoms with E-state index >= 15 is 0 Å². The lowest BCUT2D eigenvalue weighted by molar-refractivity contribution is 0.316. The van der Waals surface area contributed by atoms with E-state index in [1.54, 1.807) is 0 Å². The summed E-state index contributed by atoms with van der Waals surface area (Å²) < 4.78 is 0. The summed E-state index contributed by atoms with van der Waals surface area (Å²) in [5, 5.41) is 14.7. The van der Waals surface area contributed by atoms with Crippen LogP contribution in [0.5, 0.6) is 0 Å². The summed E-state index contributed by atoms with van der Waals surface area (Å²) in [5.74, 6) is 1.39. The zero-order chi connectivity index (χ0) is 10.9. The SMILES string of the molecule is NC(CCCCNCCCC1CC1)=NO. The van der Waals surface area contributed by atoms with E-state index in [0.29, 0.717) is 12.3 Å². The Morgan fingerprint density at radius 1 is 1.27 bits per heavy atom. The summed E-state index contributed by atoms with van der Waals surface area (Å²) >= 11 is 0. The van der Waals surface area contributed by atoms with E-state index in [1.807, 2.05) is 0 Å². The molecule has 1 rings (SSSR count). The maximum atomic E-state index is 8.31. The van der Waals surface area contributed by atoms with Crippen molar-refractivity contribution in [1.29, 1.82) is 0 Å². The van der Waals surface area contributed by atoms with E-state index in [1.165, 1.54) is 25.7 Å². The van der Waals surface area contributed by atoms with Crippen molar-refractivity contribution in [1.82, 2.24) is 5.32 Å². The Morgan fingerprint density at radius 3 is 2.67 bits per heavy atom. The molecule has 0 radical (unpaired) electrons. The molecule has 88 valence electrons. The Kier molecular flexibility index (Phi) is 6.16. The van der Waals surface area contributed by atoms with Crippen molar-refractivity contribution in [2.75, 3.05) is 13.1 Å². The molecule has 0 bridgehead atoms. The number of hydrogen-bond donors (Lipinski definition) is 3. The molecule has 4 heteroatoms. The van der Waals surface area contributed by atoms with Gasteiger partial charge in [0.1, 0.15) is 5.84 Å². The van der Waals surface area contributed by atoms with Crippen LogP contribution in [-0.4, -0.2) is 24.1 Å². The third-order valence-corrected chi connectivity index (χ3v) is 2.83. The maximum Gasteiger partial charge on any atom is 0.139 e. The summed E-state index contributed by atoms with van der Waals surface area (Å²) in [5.41, 5.74) is 5.36. The largest absolute Gasteiger partial charge is 0.409 e. The highest BCUT2D eigenvalue weighted by molar-refractivity contribution is 5.79. The molecule has 15 heavy (non-hydrogen) atoms. The highest BCUT2D eigenvalue weighted by atomic mass is 16.4. The van der Waals surface area contributed by atoms with Gasteiger partial charge in [-0.3, -0.25) is 0 Å². The van der Waals surface area contributed by atoms with Crippen molar-refractivity contribution in [3.63, 3.8) is 0 Å². The third-order valence-electron chi connectivity index (χ3n) is 2.83. The molecule has 0 unspecified atom stereocenters. The molecule has 0 aromatic rings. The maximum absolute atomic E-state index is 8.31. The van der Waals surface area contributed by atoms with Gasteiger partial charge in [0.05, 0.1) is 0 Å². The van der Waals surface area contributed by atoms with Gasteiger partial charge in [0.15, 0.2) is 0 Å². The first-order valence-corrected chi connectivity index (χ1v) is 6.00. The minimum atomic E-state index is 0.337. The number of nitrogens with one attached hydrogen (secondary N) is 1. The second-order valence-electron chi connectivity index (χ2n) is 4.38. The number of nitrogens with two attached hydrogens (primary N) is 1. The van der Waals surface area contributed by atoms with Gasteiger partial charge in [-0.1, -0.05) is 18.0 Å². The first-order valence-electron chi connectivity index (χ1n) is 6.00. The van der Waals surface area contributed by atoms with Gasteiger partial charge < -0.3 is 16.3 Å².